The van der Waals surface area contributed by atoms with E-state index in [4.69, 9.17) is 23.7 Å². The van der Waals surface area contributed by atoms with Crippen molar-refractivity contribution >= 4 is 11.9 Å². The largest absolute Gasteiger partial charge is 0.548 e. The van der Waals surface area contributed by atoms with E-state index in [2.05, 4.69) is 5.32 Å². The van der Waals surface area contributed by atoms with Gasteiger partial charge in [-0.1, -0.05) is 0 Å². The van der Waals surface area contributed by atoms with Gasteiger partial charge in [-0.25, -0.2) is 0 Å². The number of amides is 1. The summed E-state index contributed by atoms with van der Waals surface area (Å²) < 4.78 is 28.9. The summed E-state index contributed by atoms with van der Waals surface area (Å²) in [6.07, 6.45) is -3.76. The molecule has 3 rings (SSSR count). The van der Waals surface area contributed by atoms with Crippen LogP contribution < -0.4 is 10.4 Å². The molecule has 9 nitrogen and oxygen atoms in total. The Morgan fingerprint density at radius 2 is 1.50 bits per heavy atom. The average Bonchev–Trinajstić information content (AvgIpc) is 2.91. The van der Waals surface area contributed by atoms with Gasteiger partial charge in [-0.3, -0.25) is 4.79 Å². The van der Waals surface area contributed by atoms with E-state index in [-0.39, 0.29) is 0 Å². The lowest BCUT2D eigenvalue weighted by molar-refractivity contribution is -0.308. The number of hydrogen-bond acceptors (Lipinski definition) is 8. The molecule has 0 spiro atoms. The van der Waals surface area contributed by atoms with Crippen LogP contribution in [0, 0.1) is 0 Å². The van der Waals surface area contributed by atoms with Crippen molar-refractivity contribution in [2.24, 2.45) is 0 Å². The molecule has 0 radical (unpaired) electrons. The van der Waals surface area contributed by atoms with Crippen molar-refractivity contribution in [1.82, 2.24) is 5.32 Å². The zero-order valence-corrected chi connectivity index (χ0v) is 14.2. The van der Waals surface area contributed by atoms with Crippen LogP contribution in [0.25, 0.3) is 0 Å². The lowest BCUT2D eigenvalue weighted by Gasteiger charge is -2.36. The molecule has 1 N–H and O–H groups in total. The molecular formula is C15H22NO8-. The van der Waals surface area contributed by atoms with Crippen molar-refractivity contribution in [3.63, 3.8) is 0 Å². The van der Waals surface area contributed by atoms with E-state index in [1.54, 1.807) is 27.7 Å². The highest BCUT2D eigenvalue weighted by molar-refractivity contribution is 5.86. The first kappa shape index (κ1) is 17.6. The maximum Gasteiger partial charge on any atom is 0.252 e. The fourth-order valence-electron chi connectivity index (χ4n) is 3.18. The first-order valence-corrected chi connectivity index (χ1v) is 7.87. The average molecular weight is 344 g/mol. The monoisotopic (exact) mass is 344 g/mol. The van der Waals surface area contributed by atoms with E-state index in [0.29, 0.717) is 0 Å². The number of carboxylic acids is 1. The SMILES string of the molecule is C[C@H](NC(=O)[C@@H]1O[C@H]2OC(C)(C)O[C@@H]2[C@H]2OC(C)(C)O[C@@H]21)C(=O)[O-]. The Balaban J connectivity index is 1.82. The van der Waals surface area contributed by atoms with Crippen LogP contribution in [0.15, 0.2) is 0 Å². The van der Waals surface area contributed by atoms with Gasteiger partial charge in [0.05, 0.1) is 12.0 Å². The van der Waals surface area contributed by atoms with Crippen LogP contribution in [-0.2, 0) is 33.3 Å². The number of ether oxygens (including phenoxy) is 5. The first-order chi connectivity index (χ1) is 11.0. The molecule has 3 aliphatic heterocycles. The molecule has 0 bridgehead atoms. The van der Waals surface area contributed by atoms with Crippen molar-refractivity contribution < 1.29 is 38.4 Å². The minimum Gasteiger partial charge on any atom is -0.548 e. The van der Waals surface area contributed by atoms with E-state index >= 15 is 0 Å². The number of aliphatic carboxylic acids is 1. The molecule has 1 amide bonds. The molecule has 3 aliphatic rings. The standard InChI is InChI=1S/C15H23NO8/c1-6(12(18)19)16-11(17)9-7-8(22-14(2,3)21-7)10-13(20-9)24-15(4,5)23-10/h6-10,13H,1-5H3,(H,16,17)(H,18,19)/p-1/t6-,7-,8-,9+,10+,13-/m0/s1. The molecular weight excluding hydrogens is 322 g/mol. The lowest BCUT2D eigenvalue weighted by atomic mass is 9.98. The summed E-state index contributed by atoms with van der Waals surface area (Å²) in [4.78, 5) is 23.3. The Hall–Kier alpha value is -1.26. The highest BCUT2D eigenvalue weighted by Gasteiger charge is 2.62. The van der Waals surface area contributed by atoms with Crippen LogP contribution in [0.4, 0.5) is 0 Å². The van der Waals surface area contributed by atoms with E-state index < -0.39 is 60.2 Å². The summed E-state index contributed by atoms with van der Waals surface area (Å²) in [6, 6.07) is -1.16. The molecule has 0 aromatic carbocycles. The highest BCUT2D eigenvalue weighted by atomic mass is 16.9. The molecule has 0 aliphatic carbocycles. The topological polar surface area (TPSA) is 115 Å². The van der Waals surface area contributed by atoms with E-state index in [9.17, 15) is 14.7 Å². The molecule has 3 heterocycles. The van der Waals surface area contributed by atoms with Gasteiger partial charge in [-0.05, 0) is 34.6 Å². The summed E-state index contributed by atoms with van der Waals surface area (Å²) in [5.41, 5.74) is 0. The Bertz CT molecular complexity index is 548. The first-order valence-electron chi connectivity index (χ1n) is 7.87. The van der Waals surface area contributed by atoms with Crippen LogP contribution >= 0.6 is 0 Å². The fourth-order valence-corrected chi connectivity index (χ4v) is 3.18. The number of carbonyl (C=O) groups excluding carboxylic acids is 2. The van der Waals surface area contributed by atoms with Gasteiger partial charge in [0.15, 0.2) is 24.0 Å². The molecule has 6 atom stereocenters. The molecule has 0 saturated carbocycles. The molecule has 9 heteroatoms. The summed E-state index contributed by atoms with van der Waals surface area (Å²) in [5.74, 6) is -3.84. The van der Waals surface area contributed by atoms with Crippen LogP contribution in [0.2, 0.25) is 0 Å². The normalized spacial score (nSPS) is 40.5. The zero-order valence-electron chi connectivity index (χ0n) is 14.2. The molecule has 136 valence electrons. The van der Waals surface area contributed by atoms with Crippen LogP contribution in [0.5, 0.6) is 0 Å². The third-order valence-corrected chi connectivity index (χ3v) is 4.13. The number of hydrogen-bond donors (Lipinski definition) is 1. The summed E-state index contributed by atoms with van der Waals surface area (Å²) in [6.45, 7) is 8.22. The maximum absolute atomic E-state index is 12.5. The van der Waals surface area contributed by atoms with Gasteiger partial charge in [0, 0.05) is 0 Å². The second-order valence-corrected chi connectivity index (χ2v) is 7.14. The number of nitrogens with one attached hydrogen (secondary N) is 1. The van der Waals surface area contributed by atoms with Crippen molar-refractivity contribution in [3.8, 4) is 0 Å². The number of carboxylic acid groups (broad SMARTS) is 1. The molecule has 0 unspecified atom stereocenters. The number of rotatable bonds is 3. The highest BCUT2D eigenvalue weighted by Crippen LogP contribution is 2.44. The summed E-state index contributed by atoms with van der Waals surface area (Å²) in [5, 5.41) is 13.2. The van der Waals surface area contributed by atoms with Crippen LogP contribution in [0.3, 0.4) is 0 Å². The van der Waals surface area contributed by atoms with Gasteiger partial charge < -0.3 is 38.9 Å². The van der Waals surface area contributed by atoms with E-state index in [0.717, 1.165) is 0 Å². The van der Waals surface area contributed by atoms with E-state index in [1.165, 1.54) is 6.92 Å². The van der Waals surface area contributed by atoms with Gasteiger partial charge in [0.25, 0.3) is 5.91 Å². The lowest BCUT2D eigenvalue weighted by Crippen LogP contribution is -2.61. The van der Waals surface area contributed by atoms with Crippen molar-refractivity contribution in [2.75, 3.05) is 0 Å². The third-order valence-electron chi connectivity index (χ3n) is 4.13. The summed E-state index contributed by atoms with van der Waals surface area (Å²) >= 11 is 0. The zero-order chi connectivity index (χ0) is 17.9. The van der Waals surface area contributed by atoms with Crippen LogP contribution in [0.1, 0.15) is 34.6 Å². The Morgan fingerprint density at radius 1 is 0.958 bits per heavy atom. The molecule has 0 aromatic heterocycles. The minimum absolute atomic E-state index is 0.547. The van der Waals surface area contributed by atoms with Crippen molar-refractivity contribution in [3.05, 3.63) is 0 Å². The maximum atomic E-state index is 12.5. The third kappa shape index (κ3) is 3.14. The van der Waals surface area contributed by atoms with Crippen LogP contribution in [-0.4, -0.2) is 60.2 Å². The van der Waals surface area contributed by atoms with Gasteiger partial charge >= 0.3 is 0 Å². The van der Waals surface area contributed by atoms with Crippen molar-refractivity contribution in [2.45, 2.75) is 82.9 Å². The van der Waals surface area contributed by atoms with Gasteiger partial charge in [-0.2, -0.15) is 0 Å². The Labute approximate surface area is 139 Å². The number of carbonyl (C=O) groups is 2. The van der Waals surface area contributed by atoms with Gasteiger partial charge in [0.1, 0.15) is 18.3 Å². The predicted octanol–water partition coefficient (Wildman–Crippen LogP) is -1.36. The van der Waals surface area contributed by atoms with E-state index in [1.807, 2.05) is 0 Å². The predicted molar refractivity (Wildman–Crippen MR) is 75.1 cm³/mol. The molecule has 3 saturated heterocycles. The summed E-state index contributed by atoms with van der Waals surface area (Å²) in [7, 11) is 0. The second kappa shape index (κ2) is 5.63. The quantitative estimate of drug-likeness (QED) is 0.667. The smallest absolute Gasteiger partial charge is 0.252 e. The minimum atomic E-state index is -1.39. The fraction of sp³-hybridized carbons (Fsp3) is 0.867. The number of fused-ring (bicyclic) bond motifs is 3. The second-order valence-electron chi connectivity index (χ2n) is 7.14. The molecule has 3 fully saturated rings. The Kier molecular flexibility index (Phi) is 4.12. The van der Waals surface area contributed by atoms with Crippen molar-refractivity contribution in [1.29, 1.82) is 0 Å². The van der Waals surface area contributed by atoms with Gasteiger partial charge in [-0.15, -0.1) is 0 Å². The van der Waals surface area contributed by atoms with Gasteiger partial charge in [0.2, 0.25) is 0 Å². The molecule has 24 heavy (non-hydrogen) atoms. The molecule has 0 aromatic rings. The Morgan fingerprint density at radius 3 is 2.12 bits per heavy atom.